The fraction of sp³-hybridized carbons (Fsp3) is 0.143. The molecule has 94 valence electrons. The summed E-state index contributed by atoms with van der Waals surface area (Å²) in [7, 11) is 0. The summed E-state index contributed by atoms with van der Waals surface area (Å²) in [6.07, 6.45) is 0. The molecule has 1 unspecified atom stereocenters. The first kappa shape index (κ1) is 13.6. The quantitative estimate of drug-likeness (QED) is 0.662. The fourth-order valence-corrected chi connectivity index (χ4v) is 2.90. The first-order valence-corrected chi connectivity index (χ1v) is 6.77. The third-order valence-electron chi connectivity index (χ3n) is 2.94. The van der Waals surface area contributed by atoms with Gasteiger partial charge >= 0.3 is 0 Å². The molecule has 0 bridgehead atoms. The van der Waals surface area contributed by atoms with E-state index < -0.39 is 0 Å². The first-order chi connectivity index (χ1) is 8.63. The van der Waals surface area contributed by atoms with Crippen molar-refractivity contribution in [2.45, 2.75) is 13.0 Å². The standard InChI is InChI=1S/C14H14BrClN2/c1-9-4-2-3-5-11(9)14(18-17)12-7-6-10(16)8-13(12)15/h2-8,14,18H,17H2,1H3. The molecule has 0 aliphatic heterocycles. The van der Waals surface area contributed by atoms with Crippen LogP contribution in [0.3, 0.4) is 0 Å². The van der Waals surface area contributed by atoms with E-state index in [4.69, 9.17) is 17.4 Å². The highest BCUT2D eigenvalue weighted by Crippen LogP contribution is 2.31. The van der Waals surface area contributed by atoms with Crippen molar-refractivity contribution in [1.82, 2.24) is 5.43 Å². The van der Waals surface area contributed by atoms with E-state index in [9.17, 15) is 0 Å². The van der Waals surface area contributed by atoms with Crippen LogP contribution >= 0.6 is 27.5 Å². The Balaban J connectivity index is 2.49. The molecule has 2 rings (SSSR count). The molecule has 2 nitrogen and oxygen atoms in total. The van der Waals surface area contributed by atoms with E-state index >= 15 is 0 Å². The van der Waals surface area contributed by atoms with Crippen LogP contribution in [0.2, 0.25) is 5.02 Å². The third kappa shape index (κ3) is 2.75. The first-order valence-electron chi connectivity index (χ1n) is 5.60. The zero-order chi connectivity index (χ0) is 13.1. The fourth-order valence-electron chi connectivity index (χ4n) is 1.99. The summed E-state index contributed by atoms with van der Waals surface area (Å²) in [5.41, 5.74) is 6.28. The van der Waals surface area contributed by atoms with Gasteiger partial charge in [-0.1, -0.05) is 57.9 Å². The van der Waals surface area contributed by atoms with Crippen molar-refractivity contribution < 1.29 is 0 Å². The summed E-state index contributed by atoms with van der Waals surface area (Å²) in [5.74, 6) is 5.71. The smallest absolute Gasteiger partial charge is 0.0723 e. The van der Waals surface area contributed by atoms with Gasteiger partial charge in [-0.3, -0.25) is 5.84 Å². The van der Waals surface area contributed by atoms with Crippen molar-refractivity contribution in [3.8, 4) is 0 Å². The lowest BCUT2D eigenvalue weighted by Crippen LogP contribution is -2.29. The second-order valence-electron chi connectivity index (χ2n) is 4.12. The zero-order valence-corrected chi connectivity index (χ0v) is 12.3. The van der Waals surface area contributed by atoms with Gasteiger partial charge in [-0.25, -0.2) is 5.43 Å². The molecule has 0 aliphatic carbocycles. The summed E-state index contributed by atoms with van der Waals surface area (Å²) in [5, 5.41) is 0.700. The van der Waals surface area contributed by atoms with E-state index in [-0.39, 0.29) is 6.04 Å². The van der Waals surface area contributed by atoms with Gasteiger partial charge in [0.15, 0.2) is 0 Å². The van der Waals surface area contributed by atoms with Gasteiger partial charge in [0.25, 0.3) is 0 Å². The number of nitrogens with one attached hydrogen (secondary N) is 1. The predicted molar refractivity (Wildman–Crippen MR) is 79.5 cm³/mol. The van der Waals surface area contributed by atoms with Gasteiger partial charge < -0.3 is 0 Å². The minimum absolute atomic E-state index is 0.0576. The van der Waals surface area contributed by atoms with Crippen molar-refractivity contribution in [3.63, 3.8) is 0 Å². The maximum absolute atomic E-state index is 5.96. The Labute approximate surface area is 120 Å². The molecular weight excluding hydrogens is 312 g/mol. The molecule has 2 aromatic rings. The van der Waals surface area contributed by atoms with E-state index in [0.717, 1.165) is 15.6 Å². The lowest BCUT2D eigenvalue weighted by Gasteiger charge is -2.20. The average Bonchev–Trinajstić information content (AvgIpc) is 2.34. The van der Waals surface area contributed by atoms with Crippen LogP contribution in [0.1, 0.15) is 22.7 Å². The Kier molecular flexibility index (Phi) is 4.40. The van der Waals surface area contributed by atoms with E-state index in [1.807, 2.05) is 30.3 Å². The van der Waals surface area contributed by atoms with Crippen molar-refractivity contribution in [2.24, 2.45) is 5.84 Å². The molecule has 0 spiro atoms. The monoisotopic (exact) mass is 324 g/mol. The molecule has 0 amide bonds. The number of hydrogen-bond donors (Lipinski definition) is 2. The lowest BCUT2D eigenvalue weighted by molar-refractivity contribution is 0.631. The van der Waals surface area contributed by atoms with Gasteiger partial charge in [-0.05, 0) is 35.7 Å². The Bertz CT molecular complexity index is 557. The highest BCUT2D eigenvalue weighted by molar-refractivity contribution is 9.10. The van der Waals surface area contributed by atoms with Crippen LogP contribution in [0.15, 0.2) is 46.9 Å². The molecular formula is C14H14BrClN2. The molecule has 3 N–H and O–H groups in total. The molecule has 0 saturated carbocycles. The Morgan fingerprint density at radius 3 is 2.50 bits per heavy atom. The van der Waals surface area contributed by atoms with Gasteiger partial charge in [-0.2, -0.15) is 0 Å². The van der Waals surface area contributed by atoms with Crippen LogP contribution in [0, 0.1) is 6.92 Å². The SMILES string of the molecule is Cc1ccccc1C(NN)c1ccc(Cl)cc1Br. The minimum atomic E-state index is -0.0576. The average molecular weight is 326 g/mol. The molecule has 0 heterocycles. The number of hydrogen-bond acceptors (Lipinski definition) is 2. The van der Waals surface area contributed by atoms with Crippen LogP contribution in [0.4, 0.5) is 0 Å². The highest BCUT2D eigenvalue weighted by Gasteiger charge is 2.16. The molecule has 2 aromatic carbocycles. The number of benzene rings is 2. The lowest BCUT2D eigenvalue weighted by atomic mass is 9.95. The Morgan fingerprint density at radius 2 is 1.89 bits per heavy atom. The summed E-state index contributed by atoms with van der Waals surface area (Å²) in [4.78, 5) is 0. The molecule has 0 saturated heterocycles. The van der Waals surface area contributed by atoms with Gasteiger partial charge in [0.1, 0.15) is 0 Å². The Hall–Kier alpha value is -0.870. The summed E-state index contributed by atoms with van der Waals surface area (Å²) < 4.78 is 0.946. The van der Waals surface area contributed by atoms with Crippen LogP contribution in [-0.2, 0) is 0 Å². The molecule has 18 heavy (non-hydrogen) atoms. The minimum Gasteiger partial charge on any atom is -0.271 e. The molecule has 1 atom stereocenters. The number of hydrazine groups is 1. The van der Waals surface area contributed by atoms with E-state index in [1.165, 1.54) is 5.56 Å². The molecule has 0 aromatic heterocycles. The third-order valence-corrected chi connectivity index (χ3v) is 3.86. The zero-order valence-electron chi connectivity index (χ0n) is 9.95. The van der Waals surface area contributed by atoms with Crippen molar-refractivity contribution in [2.75, 3.05) is 0 Å². The van der Waals surface area contributed by atoms with Crippen LogP contribution in [0.5, 0.6) is 0 Å². The molecule has 0 aliphatic rings. The van der Waals surface area contributed by atoms with E-state index in [2.05, 4.69) is 40.4 Å². The molecule has 0 fully saturated rings. The van der Waals surface area contributed by atoms with Gasteiger partial charge in [0.2, 0.25) is 0 Å². The van der Waals surface area contributed by atoms with Crippen molar-refractivity contribution in [1.29, 1.82) is 0 Å². The number of nitrogens with two attached hydrogens (primary N) is 1. The maximum Gasteiger partial charge on any atom is 0.0723 e. The van der Waals surface area contributed by atoms with Gasteiger partial charge in [-0.15, -0.1) is 0 Å². The predicted octanol–water partition coefficient (Wildman–Crippen LogP) is 3.96. The Morgan fingerprint density at radius 1 is 1.17 bits per heavy atom. The van der Waals surface area contributed by atoms with Crippen LogP contribution < -0.4 is 11.3 Å². The second-order valence-corrected chi connectivity index (χ2v) is 5.41. The van der Waals surface area contributed by atoms with Crippen molar-refractivity contribution >= 4 is 27.5 Å². The summed E-state index contributed by atoms with van der Waals surface area (Å²) >= 11 is 9.49. The van der Waals surface area contributed by atoms with E-state index in [1.54, 1.807) is 0 Å². The summed E-state index contributed by atoms with van der Waals surface area (Å²) in [6, 6.07) is 13.8. The molecule has 0 radical (unpaired) electrons. The van der Waals surface area contributed by atoms with E-state index in [0.29, 0.717) is 5.02 Å². The van der Waals surface area contributed by atoms with Gasteiger partial charge in [0, 0.05) is 9.50 Å². The van der Waals surface area contributed by atoms with Gasteiger partial charge in [0.05, 0.1) is 6.04 Å². The summed E-state index contributed by atoms with van der Waals surface area (Å²) in [6.45, 7) is 2.07. The number of aryl methyl sites for hydroxylation is 1. The highest BCUT2D eigenvalue weighted by atomic mass is 79.9. The largest absolute Gasteiger partial charge is 0.271 e. The number of halogens is 2. The normalized spacial score (nSPS) is 12.4. The topological polar surface area (TPSA) is 38.0 Å². The maximum atomic E-state index is 5.96. The van der Waals surface area contributed by atoms with Crippen LogP contribution in [0.25, 0.3) is 0 Å². The van der Waals surface area contributed by atoms with Crippen molar-refractivity contribution in [3.05, 3.63) is 68.7 Å². The van der Waals surface area contributed by atoms with Crippen LogP contribution in [-0.4, -0.2) is 0 Å². The molecule has 4 heteroatoms. The second kappa shape index (κ2) is 5.85. The number of rotatable bonds is 3.